The van der Waals surface area contributed by atoms with E-state index in [0.717, 1.165) is 23.1 Å². The minimum Gasteiger partial charge on any atom is -0.313 e. The Morgan fingerprint density at radius 3 is 3.12 bits per heavy atom. The highest BCUT2D eigenvalue weighted by molar-refractivity contribution is 9.10. The van der Waals surface area contributed by atoms with Gasteiger partial charge in [0.25, 0.3) is 0 Å². The smallest absolute Gasteiger partial charge is 0.124 e. The van der Waals surface area contributed by atoms with Crippen molar-refractivity contribution < 1.29 is 0 Å². The summed E-state index contributed by atoms with van der Waals surface area (Å²) in [5, 5.41) is 4.28. The molecular formula is C13H14BrClN2. The molecule has 1 aromatic heterocycles. The summed E-state index contributed by atoms with van der Waals surface area (Å²) in [6, 6.07) is 2.63. The third kappa shape index (κ3) is 2.28. The second-order valence-electron chi connectivity index (χ2n) is 4.76. The van der Waals surface area contributed by atoms with E-state index in [-0.39, 0.29) is 0 Å². The van der Waals surface area contributed by atoms with Gasteiger partial charge >= 0.3 is 0 Å². The average Bonchev–Trinajstić information content (AvgIpc) is 2.76. The van der Waals surface area contributed by atoms with Gasteiger partial charge < -0.3 is 5.32 Å². The van der Waals surface area contributed by atoms with Crippen LogP contribution >= 0.6 is 27.5 Å². The fourth-order valence-corrected chi connectivity index (χ4v) is 3.16. The zero-order chi connectivity index (χ0) is 11.8. The van der Waals surface area contributed by atoms with Crippen LogP contribution in [0.5, 0.6) is 0 Å². The zero-order valence-corrected chi connectivity index (χ0v) is 11.8. The van der Waals surface area contributed by atoms with Crippen molar-refractivity contribution in [1.82, 2.24) is 10.3 Å². The Bertz CT molecular complexity index is 472. The van der Waals surface area contributed by atoms with Gasteiger partial charge in [0.2, 0.25) is 0 Å². The highest BCUT2D eigenvalue weighted by atomic mass is 79.9. The molecule has 1 aliphatic heterocycles. The van der Waals surface area contributed by atoms with Crippen LogP contribution in [0.2, 0.25) is 5.02 Å². The predicted molar refractivity (Wildman–Crippen MR) is 74.1 cm³/mol. The standard InChI is InChI=1S/C13H14BrClN2/c14-13-11(15)5-10(7-17-13)9-4-8-2-1-3-16-12(8)6-9/h4-5,7-8,12,16H,1-3,6H2. The summed E-state index contributed by atoms with van der Waals surface area (Å²) < 4.78 is 0.719. The quantitative estimate of drug-likeness (QED) is 0.801. The summed E-state index contributed by atoms with van der Waals surface area (Å²) in [4.78, 5) is 4.26. The lowest BCUT2D eigenvalue weighted by molar-refractivity contribution is 0.348. The number of nitrogens with one attached hydrogen (secondary N) is 1. The van der Waals surface area contributed by atoms with E-state index >= 15 is 0 Å². The fourth-order valence-electron chi connectivity index (χ4n) is 2.78. The summed E-state index contributed by atoms with van der Waals surface area (Å²) >= 11 is 9.42. The van der Waals surface area contributed by atoms with Crippen LogP contribution < -0.4 is 5.32 Å². The average molecular weight is 314 g/mol. The molecule has 2 atom stereocenters. The van der Waals surface area contributed by atoms with E-state index in [1.807, 2.05) is 12.3 Å². The largest absolute Gasteiger partial charge is 0.313 e. The Morgan fingerprint density at radius 1 is 1.47 bits per heavy atom. The van der Waals surface area contributed by atoms with E-state index in [2.05, 4.69) is 32.3 Å². The van der Waals surface area contributed by atoms with Gasteiger partial charge in [0.1, 0.15) is 4.60 Å². The van der Waals surface area contributed by atoms with E-state index in [1.54, 1.807) is 0 Å². The van der Waals surface area contributed by atoms with Crippen LogP contribution in [0.25, 0.3) is 5.57 Å². The lowest BCUT2D eigenvalue weighted by Crippen LogP contribution is -2.37. The van der Waals surface area contributed by atoms with Crippen LogP contribution in [0.4, 0.5) is 0 Å². The van der Waals surface area contributed by atoms with Crippen LogP contribution in [0, 0.1) is 5.92 Å². The Hall–Kier alpha value is -0.380. The van der Waals surface area contributed by atoms with Crippen molar-refractivity contribution in [2.24, 2.45) is 5.92 Å². The van der Waals surface area contributed by atoms with Gasteiger partial charge in [-0.15, -0.1) is 0 Å². The normalized spacial score (nSPS) is 27.8. The van der Waals surface area contributed by atoms with E-state index in [4.69, 9.17) is 11.6 Å². The van der Waals surface area contributed by atoms with Gasteiger partial charge in [-0.1, -0.05) is 17.7 Å². The van der Waals surface area contributed by atoms with Gasteiger partial charge in [-0.3, -0.25) is 0 Å². The Kier molecular flexibility index (Phi) is 3.24. The number of hydrogen-bond donors (Lipinski definition) is 1. The number of halogens is 2. The Balaban J connectivity index is 1.87. The summed E-state index contributed by atoms with van der Waals surface area (Å²) in [6.07, 6.45) is 7.99. The molecule has 1 aromatic rings. The molecule has 0 bridgehead atoms. The highest BCUT2D eigenvalue weighted by Gasteiger charge is 2.29. The van der Waals surface area contributed by atoms with Crippen LogP contribution in [0.3, 0.4) is 0 Å². The zero-order valence-electron chi connectivity index (χ0n) is 9.42. The third-order valence-electron chi connectivity index (χ3n) is 3.66. The van der Waals surface area contributed by atoms with Gasteiger partial charge in [-0.2, -0.15) is 0 Å². The van der Waals surface area contributed by atoms with E-state index in [0.29, 0.717) is 17.0 Å². The minimum absolute atomic E-state index is 0.626. The molecule has 90 valence electrons. The maximum atomic E-state index is 6.09. The molecule has 1 saturated heterocycles. The number of rotatable bonds is 1. The van der Waals surface area contributed by atoms with Gasteiger partial charge in [0, 0.05) is 12.2 Å². The lowest BCUT2D eigenvalue weighted by atomic mass is 9.94. The minimum atomic E-state index is 0.626. The monoisotopic (exact) mass is 312 g/mol. The maximum Gasteiger partial charge on any atom is 0.124 e. The molecule has 17 heavy (non-hydrogen) atoms. The van der Waals surface area contributed by atoms with Crippen LogP contribution in [-0.2, 0) is 0 Å². The first-order valence-electron chi connectivity index (χ1n) is 5.99. The molecule has 0 saturated carbocycles. The highest BCUT2D eigenvalue weighted by Crippen LogP contribution is 2.37. The Morgan fingerprint density at radius 2 is 2.35 bits per heavy atom. The number of pyridine rings is 1. The van der Waals surface area contributed by atoms with E-state index in [1.165, 1.54) is 18.4 Å². The number of hydrogen-bond acceptors (Lipinski definition) is 2. The van der Waals surface area contributed by atoms with Crippen molar-refractivity contribution in [2.75, 3.05) is 6.54 Å². The Labute approximate surface area is 115 Å². The maximum absolute atomic E-state index is 6.09. The molecule has 3 rings (SSSR count). The van der Waals surface area contributed by atoms with Gasteiger partial charge in [-0.25, -0.2) is 4.98 Å². The van der Waals surface area contributed by atoms with E-state index in [9.17, 15) is 0 Å². The molecule has 1 aliphatic carbocycles. The van der Waals surface area contributed by atoms with Crippen LogP contribution in [0.15, 0.2) is 22.9 Å². The predicted octanol–water partition coefficient (Wildman–Crippen LogP) is 3.65. The van der Waals surface area contributed by atoms with Crippen LogP contribution in [0.1, 0.15) is 24.8 Å². The molecule has 2 nitrogen and oxygen atoms in total. The molecular weight excluding hydrogens is 300 g/mol. The molecule has 2 aliphatic rings. The molecule has 0 spiro atoms. The number of fused-ring (bicyclic) bond motifs is 1. The second-order valence-corrected chi connectivity index (χ2v) is 5.92. The second kappa shape index (κ2) is 4.71. The summed E-state index contributed by atoms with van der Waals surface area (Å²) in [7, 11) is 0. The van der Waals surface area contributed by atoms with Gasteiger partial charge in [-0.05, 0) is 64.9 Å². The van der Waals surface area contributed by atoms with Crippen LogP contribution in [-0.4, -0.2) is 17.6 Å². The molecule has 0 radical (unpaired) electrons. The first kappa shape index (κ1) is 11.7. The first-order chi connectivity index (χ1) is 8.24. The molecule has 0 amide bonds. The first-order valence-corrected chi connectivity index (χ1v) is 7.16. The molecule has 0 aromatic carbocycles. The summed E-state index contributed by atoms with van der Waals surface area (Å²) in [5.74, 6) is 0.696. The summed E-state index contributed by atoms with van der Waals surface area (Å²) in [6.45, 7) is 1.15. The van der Waals surface area contributed by atoms with Crippen molar-refractivity contribution in [3.05, 3.63) is 33.5 Å². The van der Waals surface area contributed by atoms with Crippen molar-refractivity contribution in [2.45, 2.75) is 25.3 Å². The van der Waals surface area contributed by atoms with Crippen molar-refractivity contribution >= 4 is 33.1 Å². The van der Waals surface area contributed by atoms with Crippen molar-refractivity contribution in [1.29, 1.82) is 0 Å². The van der Waals surface area contributed by atoms with Crippen molar-refractivity contribution in [3.8, 4) is 0 Å². The SMILES string of the molecule is Clc1cc(C2=CC3CCCNC3C2)cnc1Br. The number of piperidine rings is 1. The molecule has 2 heterocycles. The van der Waals surface area contributed by atoms with E-state index < -0.39 is 0 Å². The number of nitrogens with zero attached hydrogens (tertiary/aromatic N) is 1. The lowest BCUT2D eigenvalue weighted by Gasteiger charge is -2.25. The molecule has 2 unspecified atom stereocenters. The molecule has 1 N–H and O–H groups in total. The topological polar surface area (TPSA) is 24.9 Å². The summed E-state index contributed by atoms with van der Waals surface area (Å²) in [5.41, 5.74) is 2.55. The molecule has 4 heteroatoms. The van der Waals surface area contributed by atoms with Crippen molar-refractivity contribution in [3.63, 3.8) is 0 Å². The third-order valence-corrected chi connectivity index (χ3v) is 4.81. The molecule has 1 fully saturated rings. The van der Waals surface area contributed by atoms with Gasteiger partial charge in [0.05, 0.1) is 5.02 Å². The fraction of sp³-hybridized carbons (Fsp3) is 0.462. The number of aromatic nitrogens is 1. The van der Waals surface area contributed by atoms with Gasteiger partial charge in [0.15, 0.2) is 0 Å².